The van der Waals surface area contributed by atoms with Crippen molar-refractivity contribution >= 4 is 18.0 Å². The summed E-state index contributed by atoms with van der Waals surface area (Å²) < 4.78 is 5.58. The summed E-state index contributed by atoms with van der Waals surface area (Å²) in [6.45, 7) is 5.10. The molecule has 3 atom stereocenters. The summed E-state index contributed by atoms with van der Waals surface area (Å²) in [4.78, 5) is 38.0. The van der Waals surface area contributed by atoms with Crippen LogP contribution >= 0.6 is 0 Å². The smallest absolute Gasteiger partial charge is 0.407 e. The van der Waals surface area contributed by atoms with E-state index in [2.05, 4.69) is 29.6 Å². The molecule has 2 N–H and O–H groups in total. The number of hydrogen-bond donors (Lipinski definition) is 2. The standard InChI is InChI=1S/C28H34N2O5/c1-18(11-12-26(31)30-14-13-20(27(32)33)15-19(30)2)16-29-28(34)35-17-25-23-9-5-3-7-21(23)22-8-4-6-10-24(22)25/h3-10,18-20,25H,11-17H2,1-2H3,(H,29,34)(H,32,33)/t18?,19-,20-/m1/s1. The number of carbonyl (C=O) groups excluding carboxylic acids is 2. The minimum Gasteiger partial charge on any atom is -0.481 e. The van der Waals surface area contributed by atoms with Gasteiger partial charge in [0.2, 0.25) is 5.91 Å². The highest BCUT2D eigenvalue weighted by atomic mass is 16.5. The Hall–Kier alpha value is -3.35. The van der Waals surface area contributed by atoms with Crippen molar-refractivity contribution in [1.29, 1.82) is 0 Å². The number of hydrogen-bond acceptors (Lipinski definition) is 4. The van der Waals surface area contributed by atoms with E-state index in [0.29, 0.717) is 38.8 Å². The fraction of sp³-hybridized carbons (Fsp3) is 0.464. The van der Waals surface area contributed by atoms with Crippen LogP contribution in [0.4, 0.5) is 4.79 Å². The van der Waals surface area contributed by atoms with Gasteiger partial charge in [0, 0.05) is 31.5 Å². The largest absolute Gasteiger partial charge is 0.481 e. The summed E-state index contributed by atoms with van der Waals surface area (Å²) >= 11 is 0. The molecule has 0 aromatic heterocycles. The van der Waals surface area contributed by atoms with Crippen LogP contribution in [0, 0.1) is 11.8 Å². The molecule has 0 bridgehead atoms. The zero-order valence-corrected chi connectivity index (χ0v) is 20.4. The van der Waals surface area contributed by atoms with E-state index in [1.807, 2.05) is 38.1 Å². The van der Waals surface area contributed by atoms with Gasteiger partial charge in [-0.25, -0.2) is 4.79 Å². The third kappa shape index (κ3) is 5.66. The predicted molar refractivity (Wildman–Crippen MR) is 133 cm³/mol. The van der Waals surface area contributed by atoms with Crippen LogP contribution in [0.3, 0.4) is 0 Å². The lowest BCUT2D eigenvalue weighted by atomic mass is 9.91. The monoisotopic (exact) mass is 478 g/mol. The predicted octanol–water partition coefficient (Wildman–Crippen LogP) is 4.65. The number of carbonyl (C=O) groups is 3. The van der Waals surface area contributed by atoms with Gasteiger partial charge in [-0.05, 0) is 54.4 Å². The minimum atomic E-state index is -0.781. The van der Waals surface area contributed by atoms with Crippen LogP contribution in [0.15, 0.2) is 48.5 Å². The second-order valence-electron chi connectivity index (χ2n) is 9.85. The Bertz CT molecular complexity index is 1040. The highest BCUT2D eigenvalue weighted by Crippen LogP contribution is 2.44. The summed E-state index contributed by atoms with van der Waals surface area (Å²) in [6, 6.07) is 16.4. The molecule has 7 heteroatoms. The molecule has 1 fully saturated rings. The molecule has 4 rings (SSSR count). The van der Waals surface area contributed by atoms with Gasteiger partial charge in [-0.15, -0.1) is 0 Å². The molecule has 1 saturated heterocycles. The van der Waals surface area contributed by atoms with Crippen molar-refractivity contribution in [3.63, 3.8) is 0 Å². The number of benzene rings is 2. The molecule has 1 aliphatic carbocycles. The number of piperidine rings is 1. The van der Waals surface area contributed by atoms with Crippen LogP contribution in [0.25, 0.3) is 11.1 Å². The highest BCUT2D eigenvalue weighted by molar-refractivity contribution is 5.79. The maximum atomic E-state index is 12.6. The number of aliphatic carboxylic acids is 1. The maximum absolute atomic E-state index is 12.6. The molecule has 0 saturated carbocycles. The van der Waals surface area contributed by atoms with Gasteiger partial charge < -0.3 is 20.1 Å². The lowest BCUT2D eigenvalue weighted by molar-refractivity contribution is -0.147. The van der Waals surface area contributed by atoms with Crippen molar-refractivity contribution in [3.8, 4) is 11.1 Å². The molecule has 2 aliphatic rings. The van der Waals surface area contributed by atoms with Gasteiger partial charge in [0.25, 0.3) is 0 Å². The molecule has 186 valence electrons. The fourth-order valence-corrected chi connectivity index (χ4v) is 5.29. The van der Waals surface area contributed by atoms with Crippen LogP contribution in [0.2, 0.25) is 0 Å². The summed E-state index contributed by atoms with van der Waals surface area (Å²) in [5, 5.41) is 12.0. The normalized spacial score (nSPS) is 20.0. The van der Waals surface area contributed by atoms with Crippen molar-refractivity contribution in [2.75, 3.05) is 19.7 Å². The molecular weight excluding hydrogens is 444 g/mol. The van der Waals surface area contributed by atoms with Gasteiger partial charge in [-0.3, -0.25) is 9.59 Å². The molecule has 2 aromatic rings. The number of nitrogens with one attached hydrogen (secondary N) is 1. The molecule has 0 spiro atoms. The summed E-state index contributed by atoms with van der Waals surface area (Å²) in [6.07, 6.45) is 1.59. The number of fused-ring (bicyclic) bond motifs is 3. The van der Waals surface area contributed by atoms with E-state index in [9.17, 15) is 19.5 Å². The number of ether oxygens (including phenoxy) is 1. The first kappa shape index (κ1) is 24.8. The molecule has 7 nitrogen and oxygen atoms in total. The molecule has 1 heterocycles. The molecule has 35 heavy (non-hydrogen) atoms. The van der Waals surface area contributed by atoms with Crippen LogP contribution in [-0.4, -0.2) is 53.7 Å². The third-order valence-corrected chi connectivity index (χ3v) is 7.34. The van der Waals surface area contributed by atoms with E-state index < -0.39 is 12.1 Å². The van der Waals surface area contributed by atoms with Gasteiger partial charge >= 0.3 is 12.1 Å². The first-order valence-electron chi connectivity index (χ1n) is 12.5. The van der Waals surface area contributed by atoms with Gasteiger partial charge in [-0.2, -0.15) is 0 Å². The second kappa shape index (κ2) is 10.9. The lowest BCUT2D eigenvalue weighted by Crippen LogP contribution is -2.46. The Balaban J connectivity index is 1.20. The van der Waals surface area contributed by atoms with E-state index in [-0.39, 0.29) is 36.3 Å². The molecular formula is C28H34N2O5. The first-order valence-corrected chi connectivity index (χ1v) is 12.5. The van der Waals surface area contributed by atoms with Crippen LogP contribution < -0.4 is 5.32 Å². The molecule has 0 radical (unpaired) electrons. The number of carboxylic acid groups (broad SMARTS) is 1. The number of alkyl carbamates (subject to hydrolysis) is 1. The topological polar surface area (TPSA) is 95.9 Å². The van der Waals surface area contributed by atoms with Crippen molar-refractivity contribution in [2.24, 2.45) is 11.8 Å². The number of carboxylic acids is 1. The van der Waals surface area contributed by atoms with Crippen LogP contribution in [0.1, 0.15) is 56.6 Å². The quantitative estimate of drug-likeness (QED) is 0.576. The van der Waals surface area contributed by atoms with Gasteiger partial charge in [0.1, 0.15) is 6.61 Å². The average Bonchev–Trinajstić information content (AvgIpc) is 3.18. The van der Waals surface area contributed by atoms with Crippen LogP contribution in [-0.2, 0) is 14.3 Å². The molecule has 2 aromatic carbocycles. The highest BCUT2D eigenvalue weighted by Gasteiger charge is 2.32. The molecule has 1 unspecified atom stereocenters. The van der Waals surface area contributed by atoms with Gasteiger partial charge in [0.05, 0.1) is 5.92 Å². The Kier molecular flexibility index (Phi) is 7.73. The zero-order chi connectivity index (χ0) is 24.9. The SMILES string of the molecule is CC(CCC(=O)N1CC[C@@H](C(=O)O)C[C@H]1C)CNC(=O)OCC1c2ccccc2-c2ccccc21. The van der Waals surface area contributed by atoms with E-state index in [4.69, 9.17) is 4.74 Å². The zero-order valence-electron chi connectivity index (χ0n) is 20.4. The lowest BCUT2D eigenvalue weighted by Gasteiger charge is -2.36. The number of amides is 2. The Morgan fingerprint density at radius 2 is 1.71 bits per heavy atom. The number of rotatable bonds is 8. The maximum Gasteiger partial charge on any atom is 0.407 e. The Morgan fingerprint density at radius 1 is 1.09 bits per heavy atom. The minimum absolute atomic E-state index is 0.0236. The average molecular weight is 479 g/mol. The van der Waals surface area contributed by atoms with Crippen molar-refractivity contribution in [1.82, 2.24) is 10.2 Å². The van der Waals surface area contributed by atoms with Crippen molar-refractivity contribution in [3.05, 3.63) is 59.7 Å². The van der Waals surface area contributed by atoms with Gasteiger partial charge in [-0.1, -0.05) is 55.5 Å². The molecule has 1 aliphatic heterocycles. The number of likely N-dealkylation sites (tertiary alicyclic amines) is 1. The second-order valence-corrected chi connectivity index (χ2v) is 9.85. The summed E-state index contributed by atoms with van der Waals surface area (Å²) in [7, 11) is 0. The van der Waals surface area contributed by atoms with E-state index >= 15 is 0 Å². The van der Waals surface area contributed by atoms with E-state index in [0.717, 1.165) is 0 Å². The fourth-order valence-electron chi connectivity index (χ4n) is 5.29. The summed E-state index contributed by atoms with van der Waals surface area (Å²) in [5.74, 6) is -0.956. The first-order chi connectivity index (χ1) is 16.8. The van der Waals surface area contributed by atoms with E-state index in [1.54, 1.807) is 4.90 Å². The number of nitrogens with zero attached hydrogens (tertiary/aromatic N) is 1. The third-order valence-electron chi connectivity index (χ3n) is 7.34. The van der Waals surface area contributed by atoms with Crippen molar-refractivity contribution < 1.29 is 24.2 Å². The van der Waals surface area contributed by atoms with Gasteiger partial charge in [0.15, 0.2) is 0 Å². The Labute approximate surface area is 206 Å². The van der Waals surface area contributed by atoms with E-state index in [1.165, 1.54) is 22.3 Å². The summed E-state index contributed by atoms with van der Waals surface area (Å²) in [5.41, 5.74) is 4.73. The Morgan fingerprint density at radius 3 is 2.31 bits per heavy atom. The molecule has 2 amide bonds. The van der Waals surface area contributed by atoms with Crippen LogP contribution in [0.5, 0.6) is 0 Å². The van der Waals surface area contributed by atoms with Crippen molar-refractivity contribution in [2.45, 2.75) is 51.5 Å².